The molecule has 1 aromatic carbocycles. The number of nitrogen functional groups attached to an aromatic ring is 2. The average molecular weight is 489 g/mol. The topological polar surface area (TPSA) is 175 Å². The molecule has 0 saturated carbocycles. The van der Waals surface area contributed by atoms with E-state index in [0.29, 0.717) is 19.4 Å². The summed E-state index contributed by atoms with van der Waals surface area (Å²) in [6.45, 7) is 1.85. The Labute approximate surface area is 202 Å². The number of amides is 1. The molecule has 0 radical (unpaired) electrons. The van der Waals surface area contributed by atoms with Crippen molar-refractivity contribution >= 4 is 40.9 Å². The number of rotatable bonds is 8. The summed E-state index contributed by atoms with van der Waals surface area (Å²) >= 11 is 5.80. The minimum atomic E-state index is -0.673. The third-order valence-corrected chi connectivity index (χ3v) is 5.77. The Bertz CT molecular complexity index is 1050. The van der Waals surface area contributed by atoms with Gasteiger partial charge in [-0.1, -0.05) is 23.7 Å². The molecule has 2 heterocycles. The molecule has 0 atom stereocenters. The van der Waals surface area contributed by atoms with Crippen LogP contribution >= 0.6 is 11.6 Å². The zero-order valence-electron chi connectivity index (χ0n) is 19.0. The maximum Gasteiger partial charge on any atom is 0.280 e. The number of nitrogens with zero attached hydrogens (tertiary/aromatic N) is 4. The lowest BCUT2D eigenvalue weighted by Gasteiger charge is -2.29. The minimum absolute atomic E-state index is 0.0480. The summed E-state index contributed by atoms with van der Waals surface area (Å²) in [4.78, 5) is 38.8. The van der Waals surface area contributed by atoms with E-state index in [9.17, 15) is 9.59 Å². The molecule has 34 heavy (non-hydrogen) atoms. The molecule has 1 fully saturated rings. The summed E-state index contributed by atoms with van der Waals surface area (Å²) in [5.74, 6) is 0.0559. The highest BCUT2D eigenvalue weighted by atomic mass is 35.5. The van der Waals surface area contributed by atoms with Crippen LogP contribution in [0.1, 0.15) is 35.3 Å². The predicted octanol–water partition coefficient (Wildman–Crippen LogP) is 1.01. The van der Waals surface area contributed by atoms with Crippen LogP contribution in [0.2, 0.25) is 5.15 Å². The second kappa shape index (κ2) is 11.6. The van der Waals surface area contributed by atoms with Crippen LogP contribution in [0, 0.1) is 0 Å². The van der Waals surface area contributed by atoms with Gasteiger partial charge in [0.15, 0.2) is 28.4 Å². The Balaban J connectivity index is 1.42. The van der Waals surface area contributed by atoms with Gasteiger partial charge in [0, 0.05) is 19.5 Å². The molecular formula is C22H29ClN8O3. The van der Waals surface area contributed by atoms with Crippen LogP contribution in [0.4, 0.5) is 11.6 Å². The van der Waals surface area contributed by atoms with E-state index in [0.717, 1.165) is 37.2 Å². The summed E-state index contributed by atoms with van der Waals surface area (Å²) in [6.07, 6.45) is 2.63. The summed E-state index contributed by atoms with van der Waals surface area (Å²) in [5, 5.41) is 2.32. The first-order chi connectivity index (χ1) is 16.2. The zero-order chi connectivity index (χ0) is 24.7. The quantitative estimate of drug-likeness (QED) is 0.312. The normalized spacial score (nSPS) is 15.2. The van der Waals surface area contributed by atoms with Crippen molar-refractivity contribution in [2.45, 2.75) is 31.7 Å². The van der Waals surface area contributed by atoms with Crippen molar-refractivity contribution in [3.05, 3.63) is 40.7 Å². The van der Waals surface area contributed by atoms with Gasteiger partial charge in [0.25, 0.3) is 5.91 Å². The lowest BCUT2D eigenvalue weighted by molar-refractivity contribution is -0.120. The summed E-state index contributed by atoms with van der Waals surface area (Å²) in [5.41, 5.74) is 18.0. The third-order valence-electron chi connectivity index (χ3n) is 5.49. The second-order valence-electron chi connectivity index (χ2n) is 8.00. The lowest BCUT2D eigenvalue weighted by Crippen LogP contribution is -2.42. The number of guanidine groups is 1. The standard InChI is InChI=1S/C22H29ClN8O3/c1-34-16-6-3-13(4-7-16)2-5-15(32)12-31-10-8-14(9-11-31)27-22(26)30-21(33)17-19(24)29-20(25)18(23)28-17/h3-4,6-7,14H,2,5,8-12H2,1H3,(H4,24,25,29)(H3,26,27,30,33). The van der Waals surface area contributed by atoms with Crippen LogP contribution in [0.5, 0.6) is 5.75 Å². The molecule has 12 heteroatoms. The van der Waals surface area contributed by atoms with Crippen molar-refractivity contribution in [1.29, 1.82) is 0 Å². The van der Waals surface area contributed by atoms with Crippen LogP contribution in [-0.4, -0.2) is 65.3 Å². The van der Waals surface area contributed by atoms with Crippen LogP contribution in [-0.2, 0) is 11.2 Å². The molecule has 11 nitrogen and oxygen atoms in total. The van der Waals surface area contributed by atoms with Gasteiger partial charge in [0.1, 0.15) is 11.5 Å². The summed E-state index contributed by atoms with van der Waals surface area (Å²) in [6, 6.07) is 7.67. The number of aryl methyl sites for hydroxylation is 1. The Hall–Kier alpha value is -3.44. The van der Waals surface area contributed by atoms with Gasteiger partial charge in [-0.2, -0.15) is 0 Å². The van der Waals surface area contributed by atoms with E-state index in [1.165, 1.54) is 0 Å². The van der Waals surface area contributed by atoms with Crippen LogP contribution in [0.15, 0.2) is 29.3 Å². The number of carbonyl (C=O) groups excluding carboxylic acids is 2. The molecule has 1 aliphatic rings. The number of halogens is 1. The number of likely N-dealkylation sites (tertiary alicyclic amines) is 1. The number of ketones is 1. The molecule has 1 aliphatic heterocycles. The molecule has 0 spiro atoms. The Morgan fingerprint density at radius 2 is 1.85 bits per heavy atom. The fraction of sp³-hybridized carbons (Fsp3) is 0.409. The van der Waals surface area contributed by atoms with Gasteiger partial charge < -0.3 is 21.9 Å². The number of methoxy groups -OCH3 is 1. The summed E-state index contributed by atoms with van der Waals surface area (Å²) < 4.78 is 5.15. The number of aromatic nitrogens is 2. The van der Waals surface area contributed by atoms with Gasteiger partial charge in [-0.05, 0) is 37.0 Å². The van der Waals surface area contributed by atoms with Gasteiger partial charge in [0.2, 0.25) is 0 Å². The molecule has 7 N–H and O–H groups in total. The van der Waals surface area contributed by atoms with Gasteiger partial charge in [-0.15, -0.1) is 0 Å². The predicted molar refractivity (Wildman–Crippen MR) is 131 cm³/mol. The minimum Gasteiger partial charge on any atom is -0.497 e. The van der Waals surface area contributed by atoms with E-state index in [2.05, 4.69) is 25.2 Å². The van der Waals surface area contributed by atoms with E-state index >= 15 is 0 Å². The number of ether oxygens (including phenoxy) is 1. The van der Waals surface area contributed by atoms with E-state index in [4.69, 9.17) is 33.5 Å². The SMILES string of the molecule is COc1ccc(CCC(=O)CN2CCC(N=C(N)NC(=O)c3nc(Cl)c(N)nc3N)CC2)cc1. The highest BCUT2D eigenvalue weighted by Crippen LogP contribution is 2.18. The number of benzene rings is 1. The molecule has 0 unspecified atom stereocenters. The Morgan fingerprint density at radius 1 is 1.18 bits per heavy atom. The number of carbonyl (C=O) groups is 2. The lowest BCUT2D eigenvalue weighted by atomic mass is 10.0. The molecule has 182 valence electrons. The van der Waals surface area contributed by atoms with Gasteiger partial charge in [-0.25, -0.2) is 15.0 Å². The van der Waals surface area contributed by atoms with Crippen molar-refractivity contribution in [2.75, 3.05) is 38.2 Å². The van der Waals surface area contributed by atoms with Crippen molar-refractivity contribution in [1.82, 2.24) is 20.2 Å². The smallest absolute Gasteiger partial charge is 0.280 e. The number of anilines is 2. The van der Waals surface area contributed by atoms with Crippen LogP contribution in [0.3, 0.4) is 0 Å². The van der Waals surface area contributed by atoms with Crippen molar-refractivity contribution in [3.8, 4) is 5.75 Å². The van der Waals surface area contributed by atoms with E-state index in [1.807, 2.05) is 24.3 Å². The number of aliphatic imine (C=N–C) groups is 1. The van der Waals surface area contributed by atoms with Crippen LogP contribution in [0.25, 0.3) is 0 Å². The second-order valence-corrected chi connectivity index (χ2v) is 8.35. The van der Waals surface area contributed by atoms with Gasteiger partial charge in [-0.3, -0.25) is 19.8 Å². The molecule has 1 aromatic heterocycles. The average Bonchev–Trinajstić information content (AvgIpc) is 2.81. The first kappa shape index (κ1) is 25.2. The molecule has 0 aliphatic carbocycles. The number of Topliss-reactive ketones (excluding diaryl/α,β-unsaturated/α-hetero) is 1. The van der Waals surface area contributed by atoms with Gasteiger partial charge >= 0.3 is 0 Å². The highest BCUT2D eigenvalue weighted by molar-refractivity contribution is 6.31. The van der Waals surface area contributed by atoms with Gasteiger partial charge in [0.05, 0.1) is 19.7 Å². The van der Waals surface area contributed by atoms with Crippen molar-refractivity contribution in [3.63, 3.8) is 0 Å². The Kier molecular flexibility index (Phi) is 8.61. The van der Waals surface area contributed by atoms with Crippen LogP contribution < -0.4 is 27.3 Å². The number of nitrogens with two attached hydrogens (primary N) is 3. The monoisotopic (exact) mass is 488 g/mol. The third kappa shape index (κ3) is 7.03. The number of nitrogens with one attached hydrogen (secondary N) is 1. The molecule has 3 rings (SSSR count). The molecule has 1 amide bonds. The van der Waals surface area contributed by atoms with Crippen molar-refractivity contribution in [2.24, 2.45) is 10.7 Å². The van der Waals surface area contributed by atoms with Crippen molar-refractivity contribution < 1.29 is 14.3 Å². The maximum absolute atomic E-state index is 12.4. The Morgan fingerprint density at radius 3 is 2.50 bits per heavy atom. The maximum atomic E-state index is 12.4. The highest BCUT2D eigenvalue weighted by Gasteiger charge is 2.22. The van der Waals surface area contributed by atoms with E-state index < -0.39 is 5.91 Å². The molecule has 0 bridgehead atoms. The van der Waals surface area contributed by atoms with E-state index in [-0.39, 0.29) is 40.3 Å². The molecule has 1 saturated heterocycles. The molecule has 2 aromatic rings. The van der Waals surface area contributed by atoms with E-state index in [1.54, 1.807) is 7.11 Å². The molecular weight excluding hydrogens is 460 g/mol. The fourth-order valence-electron chi connectivity index (χ4n) is 3.62. The largest absolute Gasteiger partial charge is 0.497 e. The fourth-order valence-corrected chi connectivity index (χ4v) is 3.75. The number of piperidine rings is 1. The summed E-state index contributed by atoms with van der Waals surface area (Å²) in [7, 11) is 1.63. The first-order valence-electron chi connectivity index (χ1n) is 10.8. The zero-order valence-corrected chi connectivity index (χ0v) is 19.7. The first-order valence-corrected chi connectivity index (χ1v) is 11.2. The number of hydrogen-bond acceptors (Lipinski definition) is 9. The number of hydrogen-bond donors (Lipinski definition) is 4.